The standard InChI is InChI=1S/C12H13N3O2/c1-8(16)13-11-7-9-5-3-4-6-10(9)14-12(11)15-17-2/h3-7H,1-2H3,(H,13,16)(H,14,15). The van der Waals surface area contributed by atoms with Crippen molar-refractivity contribution in [1.82, 2.24) is 4.98 Å². The summed E-state index contributed by atoms with van der Waals surface area (Å²) in [7, 11) is 1.49. The molecule has 1 amide bonds. The molecule has 0 unspecified atom stereocenters. The van der Waals surface area contributed by atoms with Crippen LogP contribution in [0.25, 0.3) is 10.9 Å². The van der Waals surface area contributed by atoms with Gasteiger partial charge < -0.3 is 5.32 Å². The van der Waals surface area contributed by atoms with E-state index in [1.165, 1.54) is 14.0 Å². The van der Waals surface area contributed by atoms with E-state index in [4.69, 9.17) is 4.84 Å². The minimum absolute atomic E-state index is 0.152. The largest absolute Gasteiger partial charge is 0.323 e. The van der Waals surface area contributed by atoms with E-state index >= 15 is 0 Å². The predicted molar refractivity (Wildman–Crippen MR) is 66.7 cm³/mol. The number of para-hydroxylation sites is 1. The maximum Gasteiger partial charge on any atom is 0.221 e. The van der Waals surface area contributed by atoms with Crippen LogP contribution >= 0.6 is 0 Å². The molecule has 0 aliphatic heterocycles. The van der Waals surface area contributed by atoms with E-state index < -0.39 is 0 Å². The number of fused-ring (bicyclic) bond motifs is 1. The molecule has 0 spiro atoms. The van der Waals surface area contributed by atoms with Gasteiger partial charge >= 0.3 is 0 Å². The van der Waals surface area contributed by atoms with E-state index in [-0.39, 0.29) is 5.91 Å². The Morgan fingerprint density at radius 2 is 2.12 bits per heavy atom. The maximum atomic E-state index is 11.1. The SMILES string of the molecule is CONc1nc2ccccc2cc1NC(C)=O. The summed E-state index contributed by atoms with van der Waals surface area (Å²) in [6.45, 7) is 1.45. The zero-order valence-corrected chi connectivity index (χ0v) is 9.65. The summed E-state index contributed by atoms with van der Waals surface area (Å²) in [6.07, 6.45) is 0. The molecule has 0 bridgehead atoms. The van der Waals surface area contributed by atoms with Gasteiger partial charge in [-0.15, -0.1) is 0 Å². The van der Waals surface area contributed by atoms with E-state index in [9.17, 15) is 4.79 Å². The van der Waals surface area contributed by atoms with Crippen LogP contribution in [0.2, 0.25) is 0 Å². The number of amides is 1. The number of carbonyl (C=O) groups is 1. The molecular formula is C12H13N3O2. The van der Waals surface area contributed by atoms with E-state index in [0.29, 0.717) is 11.5 Å². The molecule has 0 saturated carbocycles. The molecule has 0 aliphatic carbocycles. The highest BCUT2D eigenvalue weighted by Gasteiger charge is 2.07. The number of hydrogen-bond donors (Lipinski definition) is 2. The van der Waals surface area contributed by atoms with Crippen molar-refractivity contribution in [1.29, 1.82) is 0 Å². The Kier molecular flexibility index (Phi) is 3.20. The highest BCUT2D eigenvalue weighted by atomic mass is 16.6. The Balaban J connectivity index is 2.53. The fourth-order valence-corrected chi connectivity index (χ4v) is 1.58. The number of aromatic nitrogens is 1. The van der Waals surface area contributed by atoms with Crippen LogP contribution in [0.5, 0.6) is 0 Å². The number of anilines is 2. The molecule has 5 heteroatoms. The average molecular weight is 231 g/mol. The Bertz CT molecular complexity index is 554. The van der Waals surface area contributed by atoms with Crippen LogP contribution in [0.4, 0.5) is 11.5 Å². The molecule has 0 aliphatic rings. The third-order valence-electron chi connectivity index (χ3n) is 2.23. The molecule has 0 atom stereocenters. The molecule has 0 saturated heterocycles. The second kappa shape index (κ2) is 4.80. The Morgan fingerprint density at radius 3 is 2.82 bits per heavy atom. The highest BCUT2D eigenvalue weighted by Crippen LogP contribution is 2.24. The topological polar surface area (TPSA) is 63.2 Å². The fraction of sp³-hybridized carbons (Fsp3) is 0.167. The summed E-state index contributed by atoms with van der Waals surface area (Å²) < 4.78 is 0. The lowest BCUT2D eigenvalue weighted by atomic mass is 10.2. The quantitative estimate of drug-likeness (QED) is 0.794. The minimum Gasteiger partial charge on any atom is -0.323 e. The van der Waals surface area contributed by atoms with Crippen LogP contribution in [-0.2, 0) is 9.63 Å². The van der Waals surface area contributed by atoms with Gasteiger partial charge in [0.25, 0.3) is 0 Å². The number of nitrogens with one attached hydrogen (secondary N) is 2. The molecule has 0 fully saturated rings. The normalized spacial score (nSPS) is 10.2. The van der Waals surface area contributed by atoms with Gasteiger partial charge in [0, 0.05) is 12.3 Å². The summed E-state index contributed by atoms with van der Waals surface area (Å²) >= 11 is 0. The van der Waals surface area contributed by atoms with Crippen molar-refractivity contribution in [2.45, 2.75) is 6.92 Å². The number of carbonyl (C=O) groups excluding carboxylic acids is 1. The van der Waals surface area contributed by atoms with Gasteiger partial charge in [-0.2, -0.15) is 0 Å². The van der Waals surface area contributed by atoms with Crippen molar-refractivity contribution in [3.63, 3.8) is 0 Å². The first-order chi connectivity index (χ1) is 8.20. The van der Waals surface area contributed by atoms with Crippen molar-refractivity contribution in [3.05, 3.63) is 30.3 Å². The van der Waals surface area contributed by atoms with Gasteiger partial charge in [0.05, 0.1) is 18.3 Å². The molecule has 2 aromatic rings. The van der Waals surface area contributed by atoms with E-state index in [2.05, 4.69) is 15.8 Å². The Hall–Kier alpha value is -2.14. The maximum absolute atomic E-state index is 11.1. The Morgan fingerprint density at radius 1 is 1.35 bits per heavy atom. The summed E-state index contributed by atoms with van der Waals surface area (Å²) in [6, 6.07) is 9.51. The number of hydrogen-bond acceptors (Lipinski definition) is 4. The van der Waals surface area contributed by atoms with Crippen LogP contribution in [-0.4, -0.2) is 18.0 Å². The minimum atomic E-state index is -0.152. The lowest BCUT2D eigenvalue weighted by Crippen LogP contribution is -2.10. The summed E-state index contributed by atoms with van der Waals surface area (Å²) in [5.41, 5.74) is 4.08. The average Bonchev–Trinajstić information content (AvgIpc) is 2.29. The van der Waals surface area contributed by atoms with Crippen molar-refractivity contribution < 1.29 is 9.63 Å². The second-order valence-electron chi connectivity index (χ2n) is 3.56. The number of pyridine rings is 1. The first-order valence-electron chi connectivity index (χ1n) is 5.17. The van der Waals surface area contributed by atoms with Crippen LogP contribution < -0.4 is 10.8 Å². The van der Waals surface area contributed by atoms with Crippen molar-refractivity contribution in [3.8, 4) is 0 Å². The molecular weight excluding hydrogens is 218 g/mol. The molecule has 2 N–H and O–H groups in total. The molecule has 2 rings (SSSR count). The predicted octanol–water partition coefficient (Wildman–Crippen LogP) is 2.17. The van der Waals surface area contributed by atoms with Gasteiger partial charge in [0.2, 0.25) is 5.91 Å². The zero-order valence-electron chi connectivity index (χ0n) is 9.65. The third kappa shape index (κ3) is 2.51. The van der Waals surface area contributed by atoms with E-state index in [1.807, 2.05) is 30.3 Å². The fourth-order valence-electron chi connectivity index (χ4n) is 1.58. The second-order valence-corrected chi connectivity index (χ2v) is 3.56. The van der Waals surface area contributed by atoms with Crippen LogP contribution in [0, 0.1) is 0 Å². The molecule has 1 heterocycles. The van der Waals surface area contributed by atoms with Gasteiger partial charge in [-0.25, -0.2) is 10.5 Å². The van der Waals surface area contributed by atoms with Crippen LogP contribution in [0.15, 0.2) is 30.3 Å². The van der Waals surface area contributed by atoms with Gasteiger partial charge in [-0.05, 0) is 12.1 Å². The summed E-state index contributed by atoms with van der Waals surface area (Å²) in [5.74, 6) is 0.336. The molecule has 88 valence electrons. The molecule has 5 nitrogen and oxygen atoms in total. The van der Waals surface area contributed by atoms with Gasteiger partial charge in [0.15, 0.2) is 5.82 Å². The number of rotatable bonds is 3. The van der Waals surface area contributed by atoms with Crippen LogP contribution in [0.3, 0.4) is 0 Å². The molecule has 0 radical (unpaired) electrons. The molecule has 1 aromatic carbocycles. The van der Waals surface area contributed by atoms with Gasteiger partial charge in [-0.1, -0.05) is 18.2 Å². The first kappa shape index (κ1) is 11.3. The smallest absolute Gasteiger partial charge is 0.221 e. The molecule has 17 heavy (non-hydrogen) atoms. The third-order valence-corrected chi connectivity index (χ3v) is 2.23. The van der Waals surface area contributed by atoms with Crippen molar-refractivity contribution in [2.75, 3.05) is 17.9 Å². The number of nitrogens with zero attached hydrogens (tertiary/aromatic N) is 1. The van der Waals surface area contributed by atoms with Crippen molar-refractivity contribution >= 4 is 28.3 Å². The van der Waals surface area contributed by atoms with Gasteiger partial charge in [-0.3, -0.25) is 9.63 Å². The number of benzene rings is 1. The van der Waals surface area contributed by atoms with E-state index in [1.54, 1.807) is 0 Å². The molecule has 1 aromatic heterocycles. The van der Waals surface area contributed by atoms with E-state index in [0.717, 1.165) is 10.9 Å². The monoisotopic (exact) mass is 231 g/mol. The first-order valence-corrected chi connectivity index (χ1v) is 5.17. The van der Waals surface area contributed by atoms with Crippen molar-refractivity contribution in [2.24, 2.45) is 0 Å². The van der Waals surface area contributed by atoms with Gasteiger partial charge in [0.1, 0.15) is 0 Å². The van der Waals surface area contributed by atoms with Crippen LogP contribution in [0.1, 0.15) is 6.92 Å². The summed E-state index contributed by atoms with van der Waals surface area (Å²) in [4.78, 5) is 20.3. The lowest BCUT2D eigenvalue weighted by Gasteiger charge is -2.11. The summed E-state index contributed by atoms with van der Waals surface area (Å²) in [5, 5.41) is 3.66. The highest BCUT2D eigenvalue weighted by molar-refractivity contribution is 5.95. The lowest BCUT2D eigenvalue weighted by molar-refractivity contribution is -0.114. The Labute approximate surface area is 98.8 Å². The zero-order chi connectivity index (χ0) is 12.3.